The van der Waals surface area contributed by atoms with Crippen molar-refractivity contribution in [3.05, 3.63) is 0 Å². The quantitative estimate of drug-likeness (QED) is 0.767. The zero-order valence-corrected chi connectivity index (χ0v) is 11.9. The third-order valence-electron chi connectivity index (χ3n) is 3.29. The van der Waals surface area contributed by atoms with Crippen molar-refractivity contribution in [1.82, 2.24) is 15.1 Å². The van der Waals surface area contributed by atoms with Gasteiger partial charge in [-0.1, -0.05) is 0 Å². The fourth-order valence-corrected chi connectivity index (χ4v) is 2.21. The predicted octanol–water partition coefficient (Wildman–Crippen LogP) is 0.317. The number of nitrogens with one attached hydrogen (secondary N) is 1. The number of carbonyl (C=O) groups excluding carboxylic acids is 1. The van der Waals surface area contributed by atoms with Crippen molar-refractivity contribution >= 4 is 5.91 Å². The minimum absolute atomic E-state index is 0.0124. The predicted molar refractivity (Wildman–Crippen MR) is 68.4 cm³/mol. The molecule has 8 heteroatoms. The van der Waals surface area contributed by atoms with Gasteiger partial charge in [0.1, 0.15) is 6.54 Å². The third kappa shape index (κ3) is 6.53. The van der Waals surface area contributed by atoms with Crippen molar-refractivity contribution in [1.29, 1.82) is 0 Å². The van der Waals surface area contributed by atoms with E-state index in [1.54, 1.807) is 7.11 Å². The number of piperazine rings is 1. The Kier molecular flexibility index (Phi) is 6.70. The van der Waals surface area contributed by atoms with Crippen LogP contribution in [0.15, 0.2) is 0 Å². The van der Waals surface area contributed by atoms with E-state index < -0.39 is 18.6 Å². The molecule has 118 valence electrons. The Balaban J connectivity index is 2.28. The molecule has 1 rings (SSSR count). The van der Waals surface area contributed by atoms with Crippen molar-refractivity contribution in [3.8, 4) is 0 Å². The van der Waals surface area contributed by atoms with Crippen LogP contribution in [0.1, 0.15) is 6.92 Å². The molecule has 1 heterocycles. The largest absolute Gasteiger partial charge is 0.405 e. The van der Waals surface area contributed by atoms with E-state index in [1.165, 1.54) is 0 Å². The highest BCUT2D eigenvalue weighted by molar-refractivity contribution is 5.78. The Bertz CT molecular complexity index is 313. The molecule has 0 spiro atoms. The summed E-state index contributed by atoms with van der Waals surface area (Å²) in [5.41, 5.74) is 0. The summed E-state index contributed by atoms with van der Waals surface area (Å²) in [5, 5.41) is 1.89. The highest BCUT2D eigenvalue weighted by Crippen LogP contribution is 2.12. The van der Waals surface area contributed by atoms with E-state index in [4.69, 9.17) is 4.74 Å². The first kappa shape index (κ1) is 17.2. The van der Waals surface area contributed by atoms with Gasteiger partial charge in [0.15, 0.2) is 0 Å². The second-order valence-corrected chi connectivity index (χ2v) is 5.00. The van der Waals surface area contributed by atoms with E-state index in [9.17, 15) is 18.0 Å². The van der Waals surface area contributed by atoms with Crippen molar-refractivity contribution < 1.29 is 22.7 Å². The minimum Gasteiger partial charge on any atom is -0.383 e. The van der Waals surface area contributed by atoms with Gasteiger partial charge in [-0.2, -0.15) is 13.2 Å². The lowest BCUT2D eigenvalue weighted by Crippen LogP contribution is -2.54. The number of carbonyl (C=O) groups is 1. The normalized spacial score (nSPS) is 21.9. The number of rotatable bonds is 6. The molecule has 5 nitrogen and oxygen atoms in total. The molecule has 0 aromatic rings. The Hall–Kier alpha value is -0.860. The molecule has 1 fully saturated rings. The molecule has 0 aliphatic carbocycles. The summed E-state index contributed by atoms with van der Waals surface area (Å²) < 4.78 is 41.0. The summed E-state index contributed by atoms with van der Waals surface area (Å²) in [5.74, 6) is -0.583. The lowest BCUT2D eigenvalue weighted by Gasteiger charge is -2.39. The average molecular weight is 297 g/mol. The summed E-state index contributed by atoms with van der Waals surface area (Å²) in [6.45, 7) is 4.39. The zero-order chi connectivity index (χ0) is 15.2. The molecular weight excluding hydrogens is 275 g/mol. The van der Waals surface area contributed by atoms with Gasteiger partial charge in [0.05, 0.1) is 13.2 Å². The zero-order valence-electron chi connectivity index (χ0n) is 11.9. The Morgan fingerprint density at radius 3 is 2.65 bits per heavy atom. The summed E-state index contributed by atoms with van der Waals surface area (Å²) in [4.78, 5) is 15.6. The maximum absolute atomic E-state index is 12.0. The van der Waals surface area contributed by atoms with Gasteiger partial charge >= 0.3 is 6.18 Å². The maximum atomic E-state index is 12.0. The number of alkyl halides is 3. The first-order valence-electron chi connectivity index (χ1n) is 6.60. The van der Waals surface area contributed by atoms with Gasteiger partial charge in [0, 0.05) is 39.3 Å². The molecule has 1 aliphatic heterocycles. The number of hydrogen-bond acceptors (Lipinski definition) is 4. The van der Waals surface area contributed by atoms with Crippen LogP contribution in [0, 0.1) is 0 Å². The topological polar surface area (TPSA) is 44.8 Å². The lowest BCUT2D eigenvalue weighted by atomic mass is 10.2. The summed E-state index contributed by atoms with van der Waals surface area (Å²) in [6, 6.07) is 0.259. The number of halogens is 3. The lowest BCUT2D eigenvalue weighted by molar-refractivity contribution is -0.139. The van der Waals surface area contributed by atoms with Crippen LogP contribution in [0.25, 0.3) is 0 Å². The van der Waals surface area contributed by atoms with Crippen molar-refractivity contribution in [2.45, 2.75) is 19.1 Å². The van der Waals surface area contributed by atoms with Crippen LogP contribution in [0.5, 0.6) is 0 Å². The molecule has 0 saturated carbocycles. The van der Waals surface area contributed by atoms with Gasteiger partial charge in [-0.15, -0.1) is 0 Å². The molecule has 1 N–H and O–H groups in total. The van der Waals surface area contributed by atoms with Crippen LogP contribution >= 0.6 is 0 Å². The summed E-state index contributed by atoms with van der Waals surface area (Å²) in [6.07, 6.45) is -4.36. The van der Waals surface area contributed by atoms with Crippen LogP contribution < -0.4 is 5.32 Å². The second kappa shape index (κ2) is 7.80. The molecular formula is C12H22F3N3O2. The average Bonchev–Trinajstić information content (AvgIpc) is 2.35. The van der Waals surface area contributed by atoms with E-state index in [2.05, 4.69) is 4.90 Å². The van der Waals surface area contributed by atoms with Crippen molar-refractivity contribution in [3.63, 3.8) is 0 Å². The van der Waals surface area contributed by atoms with E-state index in [0.717, 1.165) is 13.1 Å². The smallest absolute Gasteiger partial charge is 0.383 e. The molecule has 1 amide bonds. The van der Waals surface area contributed by atoms with Gasteiger partial charge in [0.25, 0.3) is 0 Å². The van der Waals surface area contributed by atoms with Crippen LogP contribution in [0.2, 0.25) is 0 Å². The third-order valence-corrected chi connectivity index (χ3v) is 3.29. The van der Waals surface area contributed by atoms with Gasteiger partial charge in [-0.05, 0) is 6.92 Å². The number of hydrogen-bond donors (Lipinski definition) is 1. The van der Waals surface area contributed by atoms with Gasteiger partial charge in [-0.25, -0.2) is 0 Å². The summed E-state index contributed by atoms with van der Waals surface area (Å²) >= 11 is 0. The first-order chi connectivity index (χ1) is 9.31. The fourth-order valence-electron chi connectivity index (χ4n) is 2.21. The SMILES string of the molecule is COCCN1CCN(CC(=O)NCC(F)(F)F)C[C@H]1C. The molecule has 0 bridgehead atoms. The van der Waals surface area contributed by atoms with E-state index >= 15 is 0 Å². The fraction of sp³-hybridized carbons (Fsp3) is 0.917. The Morgan fingerprint density at radius 1 is 1.40 bits per heavy atom. The highest BCUT2D eigenvalue weighted by Gasteiger charge is 2.29. The molecule has 1 aliphatic rings. The van der Waals surface area contributed by atoms with Gasteiger partial charge < -0.3 is 10.1 Å². The van der Waals surface area contributed by atoms with Crippen LogP contribution in [0.4, 0.5) is 13.2 Å². The van der Waals surface area contributed by atoms with E-state index in [0.29, 0.717) is 19.7 Å². The molecule has 0 unspecified atom stereocenters. The van der Waals surface area contributed by atoms with E-state index in [1.807, 2.05) is 17.1 Å². The Morgan fingerprint density at radius 2 is 2.10 bits per heavy atom. The number of ether oxygens (including phenoxy) is 1. The molecule has 0 radical (unpaired) electrons. The monoisotopic (exact) mass is 297 g/mol. The highest BCUT2D eigenvalue weighted by atomic mass is 19.4. The van der Waals surface area contributed by atoms with Gasteiger partial charge in [-0.3, -0.25) is 14.6 Å². The van der Waals surface area contributed by atoms with Crippen LogP contribution in [-0.4, -0.2) is 80.9 Å². The standard InChI is InChI=1S/C12H22F3N3O2/c1-10-7-17(3-4-18(10)5-6-20-2)8-11(19)16-9-12(13,14)15/h10H,3-9H2,1-2H3,(H,16,19)/t10-/m1/s1. The summed E-state index contributed by atoms with van der Waals surface area (Å²) in [7, 11) is 1.64. The number of nitrogens with zero attached hydrogens (tertiary/aromatic N) is 2. The molecule has 0 aromatic carbocycles. The van der Waals surface area contributed by atoms with Crippen LogP contribution in [0.3, 0.4) is 0 Å². The minimum atomic E-state index is -4.36. The second-order valence-electron chi connectivity index (χ2n) is 5.00. The van der Waals surface area contributed by atoms with Crippen LogP contribution in [-0.2, 0) is 9.53 Å². The Labute approximate surface area is 117 Å². The van der Waals surface area contributed by atoms with Gasteiger partial charge in [0.2, 0.25) is 5.91 Å². The maximum Gasteiger partial charge on any atom is 0.405 e. The first-order valence-corrected chi connectivity index (χ1v) is 6.60. The van der Waals surface area contributed by atoms with E-state index in [-0.39, 0.29) is 12.6 Å². The number of amides is 1. The molecule has 1 saturated heterocycles. The number of methoxy groups -OCH3 is 1. The molecule has 0 aromatic heterocycles. The van der Waals surface area contributed by atoms with Crippen molar-refractivity contribution in [2.75, 3.05) is 53.0 Å². The molecule has 20 heavy (non-hydrogen) atoms. The molecule has 1 atom stereocenters. The van der Waals surface area contributed by atoms with Crippen molar-refractivity contribution in [2.24, 2.45) is 0 Å².